The Morgan fingerprint density at radius 1 is 1.14 bits per heavy atom. The highest BCUT2D eigenvalue weighted by Crippen LogP contribution is 2.48. The van der Waals surface area contributed by atoms with Crippen molar-refractivity contribution >= 4 is 17.5 Å². The lowest BCUT2D eigenvalue weighted by atomic mass is 9.64. The van der Waals surface area contributed by atoms with Gasteiger partial charge in [-0.15, -0.1) is 10.2 Å². The molecule has 1 aliphatic carbocycles. The maximum absolute atomic E-state index is 12.3. The molecule has 0 spiro atoms. The molecule has 2 aromatic carbocycles. The molecule has 150 valence electrons. The first-order valence-corrected chi connectivity index (χ1v) is 10.4. The molecule has 4 rings (SSSR count). The molecule has 1 aliphatic rings. The fourth-order valence-corrected chi connectivity index (χ4v) is 3.96. The van der Waals surface area contributed by atoms with Crippen LogP contribution in [0.5, 0.6) is 0 Å². The van der Waals surface area contributed by atoms with Gasteiger partial charge in [0.15, 0.2) is 0 Å². The van der Waals surface area contributed by atoms with E-state index in [1.165, 1.54) is 0 Å². The summed E-state index contributed by atoms with van der Waals surface area (Å²) >= 11 is 6.03. The molecular weight excluding hydrogens is 386 g/mol. The van der Waals surface area contributed by atoms with Gasteiger partial charge in [0.05, 0.1) is 11.5 Å². The van der Waals surface area contributed by atoms with Gasteiger partial charge in [-0.25, -0.2) is 0 Å². The number of carbonyl (C=O) groups is 1. The third-order valence-corrected chi connectivity index (χ3v) is 5.98. The molecule has 1 amide bonds. The second-order valence-electron chi connectivity index (χ2n) is 7.64. The Labute approximate surface area is 175 Å². The van der Waals surface area contributed by atoms with Crippen LogP contribution >= 0.6 is 11.6 Å². The van der Waals surface area contributed by atoms with Crippen molar-refractivity contribution in [2.24, 2.45) is 0 Å². The van der Waals surface area contributed by atoms with Crippen molar-refractivity contribution in [3.63, 3.8) is 0 Å². The molecule has 5 nitrogen and oxygen atoms in total. The number of aromatic nitrogens is 2. The maximum atomic E-state index is 12.3. The summed E-state index contributed by atoms with van der Waals surface area (Å²) in [7, 11) is 0. The van der Waals surface area contributed by atoms with Crippen LogP contribution in [0.4, 0.5) is 0 Å². The summed E-state index contributed by atoms with van der Waals surface area (Å²) in [5, 5.41) is 12.2. The number of benzene rings is 2. The Bertz CT molecular complexity index is 965. The molecule has 1 atom stereocenters. The Morgan fingerprint density at radius 3 is 2.52 bits per heavy atom. The van der Waals surface area contributed by atoms with Gasteiger partial charge < -0.3 is 9.73 Å². The van der Waals surface area contributed by atoms with E-state index in [1.54, 1.807) is 0 Å². The summed E-state index contributed by atoms with van der Waals surface area (Å²) < 4.78 is 5.98. The molecule has 1 fully saturated rings. The molecular formula is C23H24ClN3O2. The van der Waals surface area contributed by atoms with Crippen LogP contribution in [0.15, 0.2) is 59.0 Å². The predicted octanol–water partition coefficient (Wildman–Crippen LogP) is 5.00. The molecule has 1 heterocycles. The van der Waals surface area contributed by atoms with Crippen LogP contribution in [0, 0.1) is 0 Å². The average Bonchev–Trinajstić information content (AvgIpc) is 3.17. The average molecular weight is 410 g/mol. The van der Waals surface area contributed by atoms with Crippen molar-refractivity contribution in [3.8, 4) is 0 Å². The summed E-state index contributed by atoms with van der Waals surface area (Å²) in [6.07, 6.45) is 3.82. The maximum Gasteiger partial charge on any atom is 0.227 e. The SMILES string of the molecule is C[C@H](NC(=O)CCc1nnc(C2(c3ccc(Cl)cc3)CCC2)o1)c1ccccc1. The molecule has 1 saturated carbocycles. The molecule has 0 bridgehead atoms. The monoisotopic (exact) mass is 409 g/mol. The number of carbonyl (C=O) groups excluding carboxylic acids is 1. The zero-order chi connectivity index (χ0) is 20.3. The second-order valence-corrected chi connectivity index (χ2v) is 8.08. The van der Waals surface area contributed by atoms with Crippen LogP contribution in [0.1, 0.15) is 61.6 Å². The van der Waals surface area contributed by atoms with E-state index in [2.05, 4.69) is 15.5 Å². The fourth-order valence-electron chi connectivity index (χ4n) is 3.83. The van der Waals surface area contributed by atoms with Crippen molar-refractivity contribution in [3.05, 3.63) is 82.5 Å². The van der Waals surface area contributed by atoms with Gasteiger partial charge in [0.25, 0.3) is 0 Å². The van der Waals surface area contributed by atoms with Crippen LogP contribution in [0.25, 0.3) is 0 Å². The Hall–Kier alpha value is -2.66. The third-order valence-electron chi connectivity index (χ3n) is 5.72. The van der Waals surface area contributed by atoms with Crippen LogP contribution in [-0.4, -0.2) is 16.1 Å². The normalized spacial score (nSPS) is 16.1. The number of amides is 1. The number of nitrogens with one attached hydrogen (secondary N) is 1. The second kappa shape index (κ2) is 8.37. The number of rotatable bonds is 7. The minimum atomic E-state index is -0.222. The largest absolute Gasteiger partial charge is 0.424 e. The summed E-state index contributed by atoms with van der Waals surface area (Å²) in [6, 6.07) is 17.7. The fraction of sp³-hybridized carbons (Fsp3) is 0.348. The highest BCUT2D eigenvalue weighted by Gasteiger charge is 2.45. The lowest BCUT2D eigenvalue weighted by Gasteiger charge is -2.39. The van der Waals surface area contributed by atoms with E-state index in [9.17, 15) is 4.79 Å². The van der Waals surface area contributed by atoms with E-state index in [-0.39, 0.29) is 17.4 Å². The lowest BCUT2D eigenvalue weighted by Crippen LogP contribution is -2.35. The van der Waals surface area contributed by atoms with Gasteiger partial charge >= 0.3 is 0 Å². The van der Waals surface area contributed by atoms with Gasteiger partial charge in [0.2, 0.25) is 17.7 Å². The van der Waals surface area contributed by atoms with Crippen LogP contribution in [0.3, 0.4) is 0 Å². The predicted molar refractivity (Wildman–Crippen MR) is 112 cm³/mol. The first-order chi connectivity index (χ1) is 14.1. The van der Waals surface area contributed by atoms with Crippen LogP contribution in [0.2, 0.25) is 5.02 Å². The Morgan fingerprint density at radius 2 is 1.86 bits per heavy atom. The highest BCUT2D eigenvalue weighted by molar-refractivity contribution is 6.30. The zero-order valence-electron chi connectivity index (χ0n) is 16.4. The van der Waals surface area contributed by atoms with E-state index in [0.717, 1.165) is 30.4 Å². The van der Waals surface area contributed by atoms with Gasteiger partial charge in [-0.2, -0.15) is 0 Å². The van der Waals surface area contributed by atoms with E-state index < -0.39 is 0 Å². The van der Waals surface area contributed by atoms with E-state index in [1.807, 2.05) is 61.5 Å². The molecule has 29 heavy (non-hydrogen) atoms. The van der Waals surface area contributed by atoms with Crippen molar-refractivity contribution in [1.82, 2.24) is 15.5 Å². The summed E-state index contributed by atoms with van der Waals surface area (Å²) in [6.45, 7) is 1.98. The first-order valence-electron chi connectivity index (χ1n) is 10.00. The van der Waals surface area contributed by atoms with Crippen LogP contribution < -0.4 is 5.32 Å². The van der Waals surface area contributed by atoms with Gasteiger partial charge in [-0.3, -0.25) is 4.79 Å². The molecule has 0 unspecified atom stereocenters. The van der Waals surface area contributed by atoms with Crippen molar-refractivity contribution in [2.75, 3.05) is 0 Å². The third kappa shape index (κ3) is 4.20. The summed E-state index contributed by atoms with van der Waals surface area (Å²) in [5.41, 5.74) is 2.01. The summed E-state index contributed by atoms with van der Waals surface area (Å²) in [5.74, 6) is 1.11. The number of hydrogen-bond acceptors (Lipinski definition) is 4. The molecule has 3 aromatic rings. The molecule has 0 saturated heterocycles. The molecule has 0 radical (unpaired) electrons. The van der Waals surface area contributed by atoms with Crippen molar-refractivity contribution < 1.29 is 9.21 Å². The number of aryl methyl sites for hydroxylation is 1. The minimum Gasteiger partial charge on any atom is -0.424 e. The number of nitrogens with zero attached hydrogens (tertiary/aromatic N) is 2. The zero-order valence-corrected chi connectivity index (χ0v) is 17.2. The Balaban J connectivity index is 1.38. The lowest BCUT2D eigenvalue weighted by molar-refractivity contribution is -0.121. The first kappa shape index (κ1) is 19.6. The van der Waals surface area contributed by atoms with E-state index in [0.29, 0.717) is 29.6 Å². The van der Waals surface area contributed by atoms with E-state index >= 15 is 0 Å². The molecule has 6 heteroatoms. The topological polar surface area (TPSA) is 68.0 Å². The number of halogens is 1. The minimum absolute atomic E-state index is 0.0304. The smallest absolute Gasteiger partial charge is 0.227 e. The van der Waals surface area contributed by atoms with Gasteiger partial charge in [0.1, 0.15) is 0 Å². The number of hydrogen-bond donors (Lipinski definition) is 1. The standard InChI is InChI=1S/C23H24ClN3O2/c1-16(17-6-3-2-4-7-17)25-20(28)12-13-21-26-27-22(29-21)23(14-5-15-23)18-8-10-19(24)11-9-18/h2-4,6-11,16H,5,12-15H2,1H3,(H,25,28)/t16-/m0/s1. The van der Waals surface area contributed by atoms with Gasteiger partial charge in [0, 0.05) is 17.9 Å². The van der Waals surface area contributed by atoms with Crippen LogP contribution in [-0.2, 0) is 16.6 Å². The van der Waals surface area contributed by atoms with Gasteiger partial charge in [-0.1, -0.05) is 60.5 Å². The molecule has 0 aliphatic heterocycles. The highest BCUT2D eigenvalue weighted by atomic mass is 35.5. The molecule has 1 N–H and O–H groups in total. The summed E-state index contributed by atoms with van der Waals surface area (Å²) in [4.78, 5) is 12.3. The molecule has 1 aromatic heterocycles. The van der Waals surface area contributed by atoms with Crippen molar-refractivity contribution in [2.45, 2.75) is 50.5 Å². The van der Waals surface area contributed by atoms with Gasteiger partial charge in [-0.05, 0) is 43.0 Å². The quantitative estimate of drug-likeness (QED) is 0.596. The van der Waals surface area contributed by atoms with E-state index in [4.69, 9.17) is 16.0 Å². The Kier molecular flexibility index (Phi) is 5.67. The van der Waals surface area contributed by atoms with Crippen molar-refractivity contribution in [1.29, 1.82) is 0 Å².